The number of hydrogen-bond acceptors (Lipinski definition) is 4. The Balaban J connectivity index is 0.00000241. The molecule has 7 heteroatoms. The second-order valence-electron chi connectivity index (χ2n) is 6.12. The lowest BCUT2D eigenvalue weighted by atomic mass is 9.96. The van der Waals surface area contributed by atoms with Gasteiger partial charge in [-0.15, -0.1) is 24.8 Å². The molecule has 0 bridgehead atoms. The first-order chi connectivity index (χ1) is 16.3. The number of nitrogens with zero attached hydrogens (tertiary/aromatic N) is 2. The molecule has 0 radical (unpaired) electrons. The van der Waals surface area contributed by atoms with Gasteiger partial charge >= 0.3 is 0 Å². The minimum absolute atomic E-state index is 0. The van der Waals surface area contributed by atoms with E-state index in [1.54, 1.807) is 17.8 Å². The third-order valence-corrected chi connectivity index (χ3v) is 5.68. The highest BCUT2D eigenvalue weighted by Gasteiger charge is 2.21. The summed E-state index contributed by atoms with van der Waals surface area (Å²) in [4.78, 5) is 3.08. The Bertz CT molecular complexity index is 1140. The molecule has 158 valence electrons. The van der Waals surface area contributed by atoms with Crippen molar-refractivity contribution in [2.75, 3.05) is 45.7 Å². The molecule has 0 amide bonds. The van der Waals surface area contributed by atoms with E-state index in [-0.39, 0.29) is 37.8 Å². The van der Waals surface area contributed by atoms with Gasteiger partial charge in [0.05, 0.1) is 6.61 Å². The SMILES string of the molecule is Cl.Cl.[2H]C1([2H])N(CCO)C([2H])([2H])C([2H])([2H])N(CC/C=C2/c3ccccc3Sc3ccc(Cl)cc32)C1([2H])[2H]. The standard InChI is InChI=1S/C22H25ClN2OS.2ClH/c23-17-7-8-22-20(16-17)18(19-4-1-2-6-21(19)27-22)5-3-9-24-10-12-25(13-11-24)14-15-26;;/h1-2,4-8,16,26H,3,9-15H2;2*1H/b18-5-;;/i10D2,11D2,12D2,13D2;;. The zero-order valence-electron chi connectivity index (χ0n) is 23.4. The molecular weight excluding hydrogens is 447 g/mol. The van der Waals surface area contributed by atoms with E-state index in [1.165, 1.54) is 0 Å². The maximum Gasteiger partial charge on any atom is 0.0558 e. The van der Waals surface area contributed by atoms with E-state index in [0.29, 0.717) is 14.8 Å². The first kappa shape index (κ1) is 15.1. The van der Waals surface area contributed by atoms with Crippen molar-refractivity contribution in [3.8, 4) is 0 Å². The van der Waals surface area contributed by atoms with Gasteiger partial charge in [0, 0.05) is 64.9 Å². The van der Waals surface area contributed by atoms with Crippen molar-refractivity contribution in [2.45, 2.75) is 16.2 Å². The molecule has 0 aromatic heterocycles. The fourth-order valence-electron chi connectivity index (χ4n) is 3.02. The van der Waals surface area contributed by atoms with Crippen LogP contribution >= 0.6 is 48.2 Å². The van der Waals surface area contributed by atoms with Gasteiger partial charge in [0.1, 0.15) is 0 Å². The van der Waals surface area contributed by atoms with Crippen LogP contribution in [0, 0.1) is 0 Å². The smallest absolute Gasteiger partial charge is 0.0558 e. The fourth-order valence-corrected chi connectivity index (χ4v) is 4.28. The Hall–Kier alpha value is -0.720. The Kier molecular flexibility index (Phi) is 6.06. The highest BCUT2D eigenvalue weighted by Crippen LogP contribution is 2.46. The molecule has 1 saturated heterocycles. The average molecular weight is 482 g/mol. The molecule has 2 aliphatic rings. The number of β-amino-alcohol motifs (C(OH)–C–C–N with tert-alkyl or cyclic N) is 1. The number of piperazine rings is 1. The molecule has 0 atom stereocenters. The normalized spacial score (nSPS) is 28.8. The van der Waals surface area contributed by atoms with Gasteiger partial charge in [-0.3, -0.25) is 4.90 Å². The lowest BCUT2D eigenvalue weighted by Gasteiger charge is -2.34. The van der Waals surface area contributed by atoms with Crippen molar-refractivity contribution < 1.29 is 16.1 Å². The van der Waals surface area contributed by atoms with Gasteiger partial charge in [-0.05, 0) is 47.4 Å². The molecule has 0 aliphatic carbocycles. The number of halogens is 3. The predicted octanol–water partition coefficient (Wildman–Crippen LogP) is 5.08. The summed E-state index contributed by atoms with van der Waals surface area (Å²) in [5.74, 6) is 0. The van der Waals surface area contributed by atoms with Gasteiger partial charge in [-0.1, -0.05) is 47.6 Å². The summed E-state index contributed by atoms with van der Waals surface area (Å²) < 4.78 is 67.1. The van der Waals surface area contributed by atoms with E-state index in [2.05, 4.69) is 0 Å². The van der Waals surface area contributed by atoms with Gasteiger partial charge in [0.25, 0.3) is 0 Å². The Morgan fingerprint density at radius 2 is 1.62 bits per heavy atom. The van der Waals surface area contributed by atoms with E-state index >= 15 is 0 Å². The third-order valence-electron chi connectivity index (χ3n) is 4.29. The van der Waals surface area contributed by atoms with Crippen LogP contribution in [0.4, 0.5) is 0 Å². The van der Waals surface area contributed by atoms with Crippen LogP contribution in [0.1, 0.15) is 28.5 Å². The van der Waals surface area contributed by atoms with Gasteiger partial charge in [-0.25, -0.2) is 0 Å². The average Bonchev–Trinajstić information content (AvgIpc) is 2.78. The van der Waals surface area contributed by atoms with Crippen molar-refractivity contribution in [3.05, 3.63) is 64.7 Å². The van der Waals surface area contributed by atoms with Gasteiger partial charge in [0.2, 0.25) is 0 Å². The number of fused-ring (bicyclic) bond motifs is 2. The number of aliphatic hydroxyl groups excluding tert-OH is 1. The summed E-state index contributed by atoms with van der Waals surface area (Å²) in [6.07, 6.45) is 1.97. The van der Waals surface area contributed by atoms with Crippen molar-refractivity contribution in [2.24, 2.45) is 0 Å². The van der Waals surface area contributed by atoms with E-state index in [0.717, 1.165) is 26.5 Å². The summed E-state index contributed by atoms with van der Waals surface area (Å²) in [6, 6.07) is 13.4. The van der Waals surface area contributed by atoms with Crippen LogP contribution in [-0.4, -0.2) is 60.6 Å². The lowest BCUT2D eigenvalue weighted by molar-refractivity contribution is 0.114. The second-order valence-corrected chi connectivity index (χ2v) is 7.64. The molecular formula is C22H27Cl3N2OS. The second kappa shape index (κ2) is 11.6. The molecule has 1 N–H and O–H groups in total. The zero-order chi connectivity index (χ0) is 25.8. The van der Waals surface area contributed by atoms with Gasteiger partial charge in [0.15, 0.2) is 0 Å². The van der Waals surface area contributed by atoms with Crippen molar-refractivity contribution in [3.63, 3.8) is 0 Å². The molecule has 0 unspecified atom stereocenters. The van der Waals surface area contributed by atoms with Crippen LogP contribution in [0.2, 0.25) is 5.02 Å². The summed E-state index contributed by atoms with van der Waals surface area (Å²) in [7, 11) is 0. The molecule has 29 heavy (non-hydrogen) atoms. The van der Waals surface area contributed by atoms with Crippen LogP contribution in [0.25, 0.3) is 5.57 Å². The molecule has 2 heterocycles. The highest BCUT2D eigenvalue weighted by molar-refractivity contribution is 7.99. The summed E-state index contributed by atoms with van der Waals surface area (Å²) in [5.41, 5.74) is 2.70. The number of benzene rings is 2. The van der Waals surface area contributed by atoms with E-state index in [1.807, 2.05) is 42.5 Å². The quantitative estimate of drug-likeness (QED) is 0.550. The predicted molar refractivity (Wildman–Crippen MR) is 128 cm³/mol. The van der Waals surface area contributed by atoms with Crippen molar-refractivity contribution in [1.82, 2.24) is 9.80 Å². The van der Waals surface area contributed by atoms with E-state index < -0.39 is 39.1 Å². The molecule has 3 nitrogen and oxygen atoms in total. The van der Waals surface area contributed by atoms with Crippen LogP contribution in [-0.2, 0) is 0 Å². The number of aliphatic hydroxyl groups is 1. The Morgan fingerprint density at radius 1 is 0.966 bits per heavy atom. The maximum absolute atomic E-state index is 9.30. The Morgan fingerprint density at radius 3 is 2.34 bits per heavy atom. The topological polar surface area (TPSA) is 26.7 Å². The van der Waals surface area contributed by atoms with Crippen molar-refractivity contribution >= 4 is 53.7 Å². The van der Waals surface area contributed by atoms with Crippen LogP contribution in [0.5, 0.6) is 0 Å². The largest absolute Gasteiger partial charge is 0.395 e. The van der Waals surface area contributed by atoms with Crippen LogP contribution < -0.4 is 0 Å². The van der Waals surface area contributed by atoms with Crippen LogP contribution in [0.3, 0.4) is 0 Å². The summed E-state index contributed by atoms with van der Waals surface area (Å²) >= 11 is 7.86. The molecule has 0 spiro atoms. The Labute approximate surface area is 206 Å². The molecule has 2 aromatic carbocycles. The maximum atomic E-state index is 9.30. The molecule has 4 rings (SSSR count). The van der Waals surface area contributed by atoms with E-state index in [4.69, 9.17) is 22.6 Å². The molecule has 0 saturated carbocycles. The highest BCUT2D eigenvalue weighted by atomic mass is 35.5. The monoisotopic (exact) mass is 480 g/mol. The summed E-state index contributed by atoms with van der Waals surface area (Å²) in [6.45, 7) is -13.0. The van der Waals surface area contributed by atoms with Gasteiger partial charge in [-0.2, -0.15) is 0 Å². The van der Waals surface area contributed by atoms with E-state index in [9.17, 15) is 5.11 Å². The number of hydrogen-bond donors (Lipinski definition) is 1. The summed E-state index contributed by atoms with van der Waals surface area (Å²) in [5, 5.41) is 9.86. The minimum Gasteiger partial charge on any atom is -0.395 e. The van der Waals surface area contributed by atoms with Crippen LogP contribution in [0.15, 0.2) is 58.3 Å². The molecule has 2 aromatic rings. The fraction of sp³-hybridized carbons (Fsp3) is 0.364. The molecule has 1 fully saturated rings. The third kappa shape index (κ3) is 5.92. The first-order valence-corrected chi connectivity index (χ1v) is 9.90. The zero-order valence-corrected chi connectivity index (χ0v) is 18.6. The first-order valence-electron chi connectivity index (χ1n) is 12.7. The minimum atomic E-state index is -2.90. The van der Waals surface area contributed by atoms with Crippen molar-refractivity contribution in [1.29, 1.82) is 0 Å². The lowest BCUT2D eigenvalue weighted by Crippen LogP contribution is -2.47. The van der Waals surface area contributed by atoms with Gasteiger partial charge < -0.3 is 10.0 Å². The molecule has 2 aliphatic heterocycles. The number of rotatable bonds is 5.